The molecule has 0 atom stereocenters. The van der Waals surface area contributed by atoms with Crippen molar-refractivity contribution in [2.24, 2.45) is 0 Å². The Morgan fingerprint density at radius 1 is 1.16 bits per heavy atom. The van der Waals surface area contributed by atoms with Gasteiger partial charge in [-0.05, 0) is 40.8 Å². The van der Waals surface area contributed by atoms with Crippen molar-refractivity contribution < 1.29 is 4.79 Å². The highest BCUT2D eigenvalue weighted by Crippen LogP contribution is 2.23. The molecule has 0 aliphatic carbocycles. The van der Waals surface area contributed by atoms with E-state index in [4.69, 9.17) is 34.8 Å². The smallest absolute Gasteiger partial charge is 0.236 e. The van der Waals surface area contributed by atoms with Gasteiger partial charge in [-0.3, -0.25) is 4.79 Å². The first kappa shape index (κ1) is 17.9. The molecule has 0 saturated heterocycles. The van der Waals surface area contributed by atoms with Crippen LogP contribution in [0.5, 0.6) is 0 Å². The number of benzene rings is 1. The zero-order chi connectivity index (χ0) is 17.8. The SMILES string of the molecule is O=C(CSc1nnnn1-c1ccc(Cl)cc1)Nc1ncc(Cl)cc1Cl. The van der Waals surface area contributed by atoms with Crippen molar-refractivity contribution in [2.45, 2.75) is 5.16 Å². The summed E-state index contributed by atoms with van der Waals surface area (Å²) in [4.78, 5) is 16.1. The van der Waals surface area contributed by atoms with Crippen LogP contribution in [0, 0.1) is 0 Å². The molecule has 11 heteroatoms. The van der Waals surface area contributed by atoms with Crippen molar-refractivity contribution in [3.05, 3.63) is 51.6 Å². The molecule has 0 saturated carbocycles. The molecule has 0 aliphatic heterocycles. The third-order valence-electron chi connectivity index (χ3n) is 2.91. The number of carbonyl (C=O) groups is 1. The fourth-order valence-electron chi connectivity index (χ4n) is 1.82. The third kappa shape index (κ3) is 4.60. The van der Waals surface area contributed by atoms with Gasteiger partial charge >= 0.3 is 0 Å². The Morgan fingerprint density at radius 2 is 1.92 bits per heavy atom. The maximum absolute atomic E-state index is 12.1. The van der Waals surface area contributed by atoms with E-state index < -0.39 is 0 Å². The topological polar surface area (TPSA) is 85.6 Å². The predicted octanol–water partition coefficient (Wildman–Crippen LogP) is 3.75. The summed E-state index contributed by atoms with van der Waals surface area (Å²) in [5.74, 6) is 0.0237. The maximum Gasteiger partial charge on any atom is 0.236 e. The van der Waals surface area contributed by atoms with E-state index in [-0.39, 0.29) is 22.5 Å². The van der Waals surface area contributed by atoms with Crippen LogP contribution in [-0.4, -0.2) is 36.9 Å². The van der Waals surface area contributed by atoms with Gasteiger partial charge in [-0.25, -0.2) is 4.98 Å². The molecule has 1 aromatic carbocycles. The van der Waals surface area contributed by atoms with Crippen molar-refractivity contribution >= 4 is 58.3 Å². The second kappa shape index (κ2) is 8.01. The van der Waals surface area contributed by atoms with Gasteiger partial charge in [0.25, 0.3) is 0 Å². The van der Waals surface area contributed by atoms with Crippen LogP contribution < -0.4 is 5.32 Å². The van der Waals surface area contributed by atoms with E-state index in [1.807, 2.05) is 0 Å². The number of rotatable bonds is 5. The number of carbonyl (C=O) groups excluding carboxylic acids is 1. The van der Waals surface area contributed by atoms with Crippen LogP contribution in [0.15, 0.2) is 41.7 Å². The van der Waals surface area contributed by atoms with E-state index in [0.717, 1.165) is 5.69 Å². The summed E-state index contributed by atoms with van der Waals surface area (Å²) in [6.45, 7) is 0. The minimum Gasteiger partial charge on any atom is -0.309 e. The van der Waals surface area contributed by atoms with Gasteiger partial charge < -0.3 is 5.32 Å². The normalized spacial score (nSPS) is 10.7. The molecule has 0 unspecified atom stereocenters. The van der Waals surface area contributed by atoms with E-state index in [0.29, 0.717) is 15.2 Å². The van der Waals surface area contributed by atoms with Gasteiger partial charge in [-0.1, -0.05) is 46.6 Å². The first-order valence-corrected chi connectivity index (χ1v) is 8.93. The van der Waals surface area contributed by atoms with Crippen molar-refractivity contribution in [3.63, 3.8) is 0 Å². The number of pyridine rings is 1. The van der Waals surface area contributed by atoms with Crippen LogP contribution >= 0.6 is 46.6 Å². The second-order valence-corrected chi connectivity index (χ2v) is 6.89. The molecule has 0 spiro atoms. The fraction of sp³-hybridized carbons (Fsp3) is 0.0714. The number of hydrogen-bond donors (Lipinski definition) is 1. The van der Waals surface area contributed by atoms with Crippen LogP contribution in [0.3, 0.4) is 0 Å². The molecule has 2 aromatic heterocycles. The molecule has 128 valence electrons. The lowest BCUT2D eigenvalue weighted by Gasteiger charge is -2.06. The van der Waals surface area contributed by atoms with Crippen molar-refractivity contribution in [3.8, 4) is 5.69 Å². The lowest BCUT2D eigenvalue weighted by molar-refractivity contribution is -0.113. The largest absolute Gasteiger partial charge is 0.309 e. The first-order chi connectivity index (χ1) is 12.0. The Bertz CT molecular complexity index is 902. The van der Waals surface area contributed by atoms with Gasteiger partial charge in [0, 0.05) is 11.2 Å². The summed E-state index contributed by atoms with van der Waals surface area (Å²) in [5, 5.41) is 15.8. The summed E-state index contributed by atoms with van der Waals surface area (Å²) in [7, 11) is 0. The molecule has 2 heterocycles. The van der Waals surface area contributed by atoms with E-state index in [2.05, 4.69) is 25.8 Å². The van der Waals surface area contributed by atoms with Gasteiger partial charge in [0.2, 0.25) is 11.1 Å². The van der Waals surface area contributed by atoms with Gasteiger partial charge in [-0.2, -0.15) is 4.68 Å². The summed E-state index contributed by atoms with van der Waals surface area (Å²) in [6, 6.07) is 8.52. The minimum absolute atomic E-state index is 0.0780. The summed E-state index contributed by atoms with van der Waals surface area (Å²) < 4.78 is 1.52. The van der Waals surface area contributed by atoms with Crippen LogP contribution in [0.25, 0.3) is 5.69 Å². The van der Waals surface area contributed by atoms with Crippen LogP contribution in [0.1, 0.15) is 0 Å². The van der Waals surface area contributed by atoms with Crippen molar-refractivity contribution in [1.29, 1.82) is 0 Å². The first-order valence-electron chi connectivity index (χ1n) is 6.81. The predicted molar refractivity (Wildman–Crippen MR) is 97.8 cm³/mol. The Kier molecular flexibility index (Phi) is 5.74. The zero-order valence-electron chi connectivity index (χ0n) is 12.4. The second-order valence-electron chi connectivity index (χ2n) is 4.67. The highest BCUT2D eigenvalue weighted by Gasteiger charge is 2.13. The highest BCUT2D eigenvalue weighted by molar-refractivity contribution is 7.99. The molecule has 1 N–H and O–H groups in total. The molecule has 0 radical (unpaired) electrons. The van der Waals surface area contributed by atoms with Crippen LogP contribution in [0.2, 0.25) is 15.1 Å². The van der Waals surface area contributed by atoms with Gasteiger partial charge in [-0.15, -0.1) is 5.10 Å². The molecule has 0 bridgehead atoms. The molecular weight excluding hydrogens is 407 g/mol. The van der Waals surface area contributed by atoms with Gasteiger partial charge in [0.05, 0.1) is 21.5 Å². The lowest BCUT2D eigenvalue weighted by atomic mass is 10.3. The van der Waals surface area contributed by atoms with Crippen LogP contribution in [0.4, 0.5) is 5.82 Å². The summed E-state index contributed by atoms with van der Waals surface area (Å²) in [5.41, 5.74) is 0.736. The maximum atomic E-state index is 12.1. The molecule has 0 fully saturated rings. The van der Waals surface area contributed by atoms with E-state index in [1.54, 1.807) is 24.3 Å². The van der Waals surface area contributed by atoms with Crippen molar-refractivity contribution in [2.75, 3.05) is 11.1 Å². The zero-order valence-corrected chi connectivity index (χ0v) is 15.4. The Hall–Kier alpha value is -1.87. The quantitative estimate of drug-likeness (QED) is 0.639. The molecule has 0 aliphatic rings. The number of anilines is 1. The molecule has 7 nitrogen and oxygen atoms in total. The number of nitrogens with zero attached hydrogens (tertiary/aromatic N) is 5. The molecule has 25 heavy (non-hydrogen) atoms. The highest BCUT2D eigenvalue weighted by atomic mass is 35.5. The number of hydrogen-bond acceptors (Lipinski definition) is 6. The molecular formula is C14H9Cl3N6OS. The lowest BCUT2D eigenvalue weighted by Crippen LogP contribution is -2.15. The number of tetrazole rings is 1. The molecule has 1 amide bonds. The fourth-order valence-corrected chi connectivity index (χ4v) is 3.06. The number of amides is 1. The average Bonchev–Trinajstić information content (AvgIpc) is 3.05. The van der Waals surface area contributed by atoms with E-state index >= 15 is 0 Å². The molecule has 3 rings (SSSR count). The number of thioether (sulfide) groups is 1. The summed E-state index contributed by atoms with van der Waals surface area (Å²) in [6.07, 6.45) is 1.40. The summed E-state index contributed by atoms with van der Waals surface area (Å²) >= 11 is 18.8. The third-order valence-corrected chi connectivity index (χ3v) is 4.58. The standard InChI is InChI=1S/C14H9Cl3N6OS/c15-8-1-3-10(4-2-8)23-14(20-21-22-23)25-7-12(24)19-13-11(17)5-9(16)6-18-13/h1-6H,7H2,(H,18,19,24). The average molecular weight is 416 g/mol. The Labute approximate surface area is 161 Å². The minimum atomic E-state index is -0.299. The van der Waals surface area contributed by atoms with Gasteiger partial charge in [0.1, 0.15) is 0 Å². The van der Waals surface area contributed by atoms with Gasteiger partial charge in [0.15, 0.2) is 5.82 Å². The van der Waals surface area contributed by atoms with E-state index in [9.17, 15) is 4.79 Å². The Balaban J connectivity index is 1.65. The molecule has 3 aromatic rings. The van der Waals surface area contributed by atoms with Crippen LogP contribution in [-0.2, 0) is 4.79 Å². The van der Waals surface area contributed by atoms with Crippen molar-refractivity contribution in [1.82, 2.24) is 25.2 Å². The Morgan fingerprint density at radius 3 is 2.64 bits per heavy atom. The van der Waals surface area contributed by atoms with E-state index in [1.165, 1.54) is 28.7 Å². The number of halogens is 3. The number of aromatic nitrogens is 5. The number of nitrogens with one attached hydrogen (secondary N) is 1. The monoisotopic (exact) mass is 414 g/mol.